The highest BCUT2D eigenvalue weighted by Gasteiger charge is 2.34. The number of piperidine rings is 1. The fourth-order valence-electron chi connectivity index (χ4n) is 4.13. The van der Waals surface area contributed by atoms with Gasteiger partial charge in [-0.3, -0.25) is 9.79 Å². The quantitative estimate of drug-likeness (QED) is 0.357. The van der Waals surface area contributed by atoms with E-state index in [0.29, 0.717) is 18.3 Å². The molecule has 7 heteroatoms. The molecule has 2 heterocycles. The van der Waals surface area contributed by atoms with Crippen molar-refractivity contribution >= 4 is 35.8 Å². The highest BCUT2D eigenvalue weighted by Crippen LogP contribution is 2.31. The fourth-order valence-corrected chi connectivity index (χ4v) is 4.13. The molecule has 6 nitrogen and oxygen atoms in total. The second kappa shape index (κ2) is 9.94. The Kier molecular flexibility index (Phi) is 8.25. The van der Waals surface area contributed by atoms with Gasteiger partial charge in [0.2, 0.25) is 5.91 Å². The average Bonchev–Trinajstić information content (AvgIpc) is 3.30. The number of primary amides is 1. The zero-order valence-electron chi connectivity index (χ0n) is 15.5. The van der Waals surface area contributed by atoms with Crippen molar-refractivity contribution in [1.82, 2.24) is 15.1 Å². The molecule has 0 bridgehead atoms. The molecular weight excluding hydrogens is 429 g/mol. The number of carbonyl (C=O) groups is 1. The van der Waals surface area contributed by atoms with Crippen molar-refractivity contribution in [2.45, 2.75) is 51.5 Å². The van der Waals surface area contributed by atoms with E-state index in [1.807, 2.05) is 0 Å². The van der Waals surface area contributed by atoms with Crippen molar-refractivity contribution in [2.75, 3.05) is 39.3 Å². The van der Waals surface area contributed by atoms with E-state index in [-0.39, 0.29) is 29.9 Å². The Morgan fingerprint density at radius 2 is 1.96 bits per heavy atom. The van der Waals surface area contributed by atoms with Crippen LogP contribution in [0, 0.1) is 11.8 Å². The number of carbonyl (C=O) groups excluding carboxylic acids is 1. The summed E-state index contributed by atoms with van der Waals surface area (Å²) < 4.78 is 0. The number of nitrogens with one attached hydrogen (secondary N) is 1. The van der Waals surface area contributed by atoms with Crippen molar-refractivity contribution in [1.29, 1.82) is 0 Å². The summed E-state index contributed by atoms with van der Waals surface area (Å²) in [4.78, 5) is 21.1. The lowest BCUT2D eigenvalue weighted by Gasteiger charge is -2.34. The fraction of sp³-hybridized carbons (Fsp3) is 0.889. The summed E-state index contributed by atoms with van der Waals surface area (Å²) in [6.45, 7) is 8.32. The first kappa shape index (κ1) is 20.7. The normalized spacial score (nSPS) is 27.9. The third-order valence-corrected chi connectivity index (χ3v) is 5.52. The molecule has 2 saturated heterocycles. The summed E-state index contributed by atoms with van der Waals surface area (Å²) in [5.74, 6) is 1.91. The van der Waals surface area contributed by atoms with Crippen LogP contribution < -0.4 is 11.1 Å². The van der Waals surface area contributed by atoms with E-state index < -0.39 is 0 Å². The number of nitrogens with zero attached hydrogens (tertiary/aromatic N) is 3. The number of rotatable bonds is 6. The highest BCUT2D eigenvalue weighted by atomic mass is 127. The molecule has 3 aliphatic rings. The lowest BCUT2D eigenvalue weighted by molar-refractivity contribution is -0.119. The second-order valence-electron chi connectivity index (χ2n) is 7.70. The third-order valence-electron chi connectivity index (χ3n) is 5.52. The van der Waals surface area contributed by atoms with E-state index in [4.69, 9.17) is 10.7 Å². The molecule has 1 saturated carbocycles. The third kappa shape index (κ3) is 6.27. The van der Waals surface area contributed by atoms with Gasteiger partial charge < -0.3 is 20.9 Å². The average molecular weight is 463 g/mol. The van der Waals surface area contributed by atoms with E-state index in [2.05, 4.69) is 22.0 Å². The molecule has 1 amide bonds. The van der Waals surface area contributed by atoms with Crippen LogP contribution in [0.1, 0.15) is 45.4 Å². The van der Waals surface area contributed by atoms with Crippen LogP contribution in [0.25, 0.3) is 0 Å². The first-order chi connectivity index (χ1) is 11.7. The topological polar surface area (TPSA) is 74.0 Å². The van der Waals surface area contributed by atoms with Crippen molar-refractivity contribution in [3.05, 3.63) is 0 Å². The van der Waals surface area contributed by atoms with E-state index in [0.717, 1.165) is 51.0 Å². The maximum Gasteiger partial charge on any atom is 0.217 e. The van der Waals surface area contributed by atoms with Crippen molar-refractivity contribution < 1.29 is 4.79 Å². The summed E-state index contributed by atoms with van der Waals surface area (Å²) in [6.07, 6.45) is 6.78. The Bertz CT molecular complexity index is 468. The van der Waals surface area contributed by atoms with Crippen LogP contribution >= 0.6 is 24.0 Å². The number of aliphatic imine (C=N–C) groups is 1. The minimum absolute atomic E-state index is 0. The van der Waals surface area contributed by atoms with Crippen LogP contribution in [0.3, 0.4) is 0 Å². The standard InChI is InChI=1S/C18H33N5O.HI/c1-2-20-18(23-8-3-4-14(12-23)10-17(19)24)21-11-15-7-9-22(13-15)16-5-6-16;/h14-16H,2-13H2,1H3,(H2,19,24)(H,20,21);1H. The summed E-state index contributed by atoms with van der Waals surface area (Å²) in [5, 5.41) is 3.44. The van der Waals surface area contributed by atoms with Crippen LogP contribution in [-0.4, -0.2) is 67.0 Å². The van der Waals surface area contributed by atoms with E-state index in [1.165, 1.54) is 32.4 Å². The Hall–Kier alpha value is -0.570. The maximum absolute atomic E-state index is 11.2. The minimum atomic E-state index is -0.185. The molecule has 144 valence electrons. The summed E-state index contributed by atoms with van der Waals surface area (Å²) in [5.41, 5.74) is 5.38. The molecule has 2 atom stereocenters. The van der Waals surface area contributed by atoms with Crippen LogP contribution in [0.5, 0.6) is 0 Å². The number of amides is 1. The van der Waals surface area contributed by atoms with Crippen LogP contribution in [0.2, 0.25) is 0 Å². The van der Waals surface area contributed by atoms with Gasteiger partial charge in [0.15, 0.2) is 5.96 Å². The molecular formula is C18H34IN5O. The van der Waals surface area contributed by atoms with Gasteiger partial charge in [0.25, 0.3) is 0 Å². The lowest BCUT2D eigenvalue weighted by Crippen LogP contribution is -2.47. The molecule has 2 aliphatic heterocycles. The molecule has 3 N–H and O–H groups in total. The largest absolute Gasteiger partial charge is 0.370 e. The van der Waals surface area contributed by atoms with Crippen LogP contribution in [0.15, 0.2) is 4.99 Å². The monoisotopic (exact) mass is 463 g/mol. The molecule has 0 aromatic carbocycles. The molecule has 0 aromatic heterocycles. The van der Waals surface area contributed by atoms with Gasteiger partial charge in [-0.2, -0.15) is 0 Å². The molecule has 0 aromatic rings. The van der Waals surface area contributed by atoms with Gasteiger partial charge in [-0.1, -0.05) is 0 Å². The maximum atomic E-state index is 11.2. The molecule has 0 spiro atoms. The van der Waals surface area contributed by atoms with Gasteiger partial charge in [-0.25, -0.2) is 0 Å². The molecule has 0 radical (unpaired) electrons. The number of guanidine groups is 1. The summed E-state index contributed by atoms with van der Waals surface area (Å²) >= 11 is 0. The van der Waals surface area contributed by atoms with Gasteiger partial charge in [-0.05, 0) is 57.4 Å². The van der Waals surface area contributed by atoms with Gasteiger partial charge in [0, 0.05) is 45.2 Å². The molecule has 1 aliphatic carbocycles. The van der Waals surface area contributed by atoms with Gasteiger partial charge in [0.05, 0.1) is 0 Å². The highest BCUT2D eigenvalue weighted by molar-refractivity contribution is 14.0. The number of halogens is 1. The summed E-state index contributed by atoms with van der Waals surface area (Å²) in [7, 11) is 0. The lowest BCUT2D eigenvalue weighted by atomic mass is 9.95. The Morgan fingerprint density at radius 1 is 1.16 bits per heavy atom. The SMILES string of the molecule is CCNC(=NCC1CCN(C2CC2)C1)N1CCCC(CC(N)=O)C1.I. The molecule has 25 heavy (non-hydrogen) atoms. The van der Waals surface area contributed by atoms with Gasteiger partial charge >= 0.3 is 0 Å². The minimum Gasteiger partial charge on any atom is -0.370 e. The Balaban J connectivity index is 0.00000225. The zero-order valence-corrected chi connectivity index (χ0v) is 17.8. The van der Waals surface area contributed by atoms with Crippen molar-refractivity contribution in [2.24, 2.45) is 22.6 Å². The van der Waals surface area contributed by atoms with E-state index in [1.54, 1.807) is 0 Å². The smallest absolute Gasteiger partial charge is 0.217 e. The van der Waals surface area contributed by atoms with Crippen molar-refractivity contribution in [3.8, 4) is 0 Å². The predicted octanol–water partition coefficient (Wildman–Crippen LogP) is 1.64. The van der Waals surface area contributed by atoms with E-state index in [9.17, 15) is 4.79 Å². The Morgan fingerprint density at radius 3 is 2.64 bits per heavy atom. The number of likely N-dealkylation sites (tertiary alicyclic amines) is 2. The molecule has 2 unspecified atom stereocenters. The van der Waals surface area contributed by atoms with Crippen molar-refractivity contribution in [3.63, 3.8) is 0 Å². The Labute approximate surface area is 169 Å². The number of hydrogen-bond acceptors (Lipinski definition) is 3. The second-order valence-corrected chi connectivity index (χ2v) is 7.70. The van der Waals surface area contributed by atoms with Crippen LogP contribution in [0.4, 0.5) is 0 Å². The van der Waals surface area contributed by atoms with Crippen LogP contribution in [-0.2, 0) is 4.79 Å². The van der Waals surface area contributed by atoms with Gasteiger partial charge in [0.1, 0.15) is 0 Å². The summed E-state index contributed by atoms with van der Waals surface area (Å²) in [6, 6.07) is 0.879. The number of hydrogen-bond donors (Lipinski definition) is 2. The van der Waals surface area contributed by atoms with Gasteiger partial charge in [-0.15, -0.1) is 24.0 Å². The zero-order chi connectivity index (χ0) is 16.9. The first-order valence-electron chi connectivity index (χ1n) is 9.71. The first-order valence-corrected chi connectivity index (χ1v) is 9.71. The van der Waals surface area contributed by atoms with E-state index >= 15 is 0 Å². The molecule has 3 fully saturated rings. The predicted molar refractivity (Wildman–Crippen MR) is 112 cm³/mol. The molecule has 3 rings (SSSR count). The number of nitrogens with two attached hydrogens (primary N) is 1.